The Morgan fingerprint density at radius 1 is 1.70 bits per heavy atom. The van der Waals surface area contributed by atoms with E-state index in [-0.39, 0.29) is 11.8 Å². The van der Waals surface area contributed by atoms with Crippen molar-refractivity contribution in [1.82, 2.24) is 0 Å². The van der Waals surface area contributed by atoms with Crippen LogP contribution in [-0.2, 0) is 9.53 Å². The van der Waals surface area contributed by atoms with Crippen molar-refractivity contribution in [2.75, 3.05) is 7.11 Å². The first-order valence-electron chi connectivity index (χ1n) is 2.92. The zero-order valence-corrected chi connectivity index (χ0v) is 6.60. The summed E-state index contributed by atoms with van der Waals surface area (Å²) in [6.45, 7) is 3.31. The standard InChI is InChI=1S/2C3H7NO/c1-3(4)5-2;1-2-3(4)5/h4H,1-2H3;2H2,1H3,(H2,4,5). The number of nitrogens with two attached hydrogens (primary N) is 1. The maximum absolute atomic E-state index is 9.59. The molecule has 0 rings (SSSR count). The lowest BCUT2D eigenvalue weighted by Gasteiger charge is -1.85. The van der Waals surface area contributed by atoms with Gasteiger partial charge < -0.3 is 10.5 Å². The minimum Gasteiger partial charge on any atom is -0.485 e. The molecule has 0 atom stereocenters. The number of methoxy groups -OCH3 is 1. The summed E-state index contributed by atoms with van der Waals surface area (Å²) in [5.74, 6) is 0.00926. The van der Waals surface area contributed by atoms with Gasteiger partial charge in [-0.25, -0.2) is 0 Å². The average Bonchev–Trinajstić information content (AvgIpc) is 1.89. The number of nitrogens with one attached hydrogen (secondary N) is 1. The maximum atomic E-state index is 9.59. The van der Waals surface area contributed by atoms with Crippen molar-refractivity contribution in [3.8, 4) is 0 Å². The Labute approximate surface area is 60.9 Å². The first-order chi connectivity index (χ1) is 4.54. The van der Waals surface area contributed by atoms with Crippen LogP contribution in [0, 0.1) is 5.41 Å². The van der Waals surface area contributed by atoms with E-state index < -0.39 is 0 Å². The predicted molar refractivity (Wildman–Crippen MR) is 39.9 cm³/mol. The molecule has 3 N–H and O–H groups in total. The zero-order chi connectivity index (χ0) is 8.57. The third kappa shape index (κ3) is 28.3. The molecule has 0 unspecified atom stereocenters. The Bertz CT molecular complexity index is 98.3. The number of primary amides is 1. The molecule has 0 spiro atoms. The molecule has 0 fully saturated rings. The van der Waals surface area contributed by atoms with Gasteiger partial charge in [-0.2, -0.15) is 0 Å². The highest BCUT2D eigenvalue weighted by Gasteiger charge is 1.77. The van der Waals surface area contributed by atoms with E-state index in [1.165, 1.54) is 7.11 Å². The zero-order valence-electron chi connectivity index (χ0n) is 6.60. The number of rotatable bonds is 1. The molecule has 0 saturated heterocycles. The average molecular weight is 146 g/mol. The van der Waals surface area contributed by atoms with Gasteiger partial charge in [0.15, 0.2) is 5.90 Å². The van der Waals surface area contributed by atoms with E-state index in [0.717, 1.165) is 0 Å². The summed E-state index contributed by atoms with van der Waals surface area (Å²) < 4.78 is 4.33. The van der Waals surface area contributed by atoms with Crippen molar-refractivity contribution < 1.29 is 9.53 Å². The molecule has 0 bridgehead atoms. The first-order valence-corrected chi connectivity index (χ1v) is 2.92. The minimum absolute atomic E-state index is 0.245. The number of hydrogen-bond acceptors (Lipinski definition) is 3. The molecule has 0 aromatic carbocycles. The van der Waals surface area contributed by atoms with Crippen LogP contribution in [0.3, 0.4) is 0 Å². The summed E-state index contributed by atoms with van der Waals surface area (Å²) in [7, 11) is 1.47. The Morgan fingerprint density at radius 3 is 1.90 bits per heavy atom. The molecule has 0 saturated carbocycles. The monoisotopic (exact) mass is 146 g/mol. The van der Waals surface area contributed by atoms with E-state index in [1.54, 1.807) is 13.8 Å². The second kappa shape index (κ2) is 7.94. The summed E-state index contributed by atoms with van der Waals surface area (Å²) in [6, 6.07) is 0. The lowest BCUT2D eigenvalue weighted by Crippen LogP contribution is -2.06. The van der Waals surface area contributed by atoms with Gasteiger partial charge in [0.25, 0.3) is 0 Å². The molecule has 0 aliphatic heterocycles. The molecule has 10 heavy (non-hydrogen) atoms. The fraction of sp³-hybridized carbons (Fsp3) is 0.667. The lowest BCUT2D eigenvalue weighted by atomic mass is 10.5. The van der Waals surface area contributed by atoms with Gasteiger partial charge >= 0.3 is 0 Å². The van der Waals surface area contributed by atoms with E-state index in [1.807, 2.05) is 0 Å². The highest BCUT2D eigenvalue weighted by Crippen LogP contribution is 1.63. The van der Waals surface area contributed by atoms with E-state index in [2.05, 4.69) is 10.5 Å². The summed E-state index contributed by atoms with van der Waals surface area (Å²) in [5.41, 5.74) is 4.65. The van der Waals surface area contributed by atoms with Gasteiger partial charge in [0, 0.05) is 13.3 Å². The molecule has 0 radical (unpaired) electrons. The number of amides is 1. The van der Waals surface area contributed by atoms with Gasteiger partial charge in [-0.15, -0.1) is 0 Å². The minimum atomic E-state index is -0.245. The summed E-state index contributed by atoms with van der Waals surface area (Å²) in [6.07, 6.45) is 0.444. The SMILES string of the molecule is CCC(N)=O.COC(C)=N. The number of carbonyl (C=O) groups excluding carboxylic acids is 1. The molecule has 0 heterocycles. The maximum Gasteiger partial charge on any atom is 0.217 e. The van der Waals surface area contributed by atoms with Crippen LogP contribution >= 0.6 is 0 Å². The molecule has 0 aromatic rings. The van der Waals surface area contributed by atoms with Crippen molar-refractivity contribution in [1.29, 1.82) is 5.41 Å². The van der Waals surface area contributed by atoms with Crippen LogP contribution in [0.2, 0.25) is 0 Å². The van der Waals surface area contributed by atoms with E-state index >= 15 is 0 Å². The Balaban J connectivity index is 0. The summed E-state index contributed by atoms with van der Waals surface area (Å²) >= 11 is 0. The van der Waals surface area contributed by atoms with Gasteiger partial charge in [0.1, 0.15) is 0 Å². The molecule has 0 aliphatic rings. The van der Waals surface area contributed by atoms with Crippen LogP contribution in [0.15, 0.2) is 0 Å². The van der Waals surface area contributed by atoms with Crippen molar-refractivity contribution >= 4 is 11.8 Å². The Hall–Kier alpha value is -1.06. The van der Waals surface area contributed by atoms with Crippen molar-refractivity contribution in [2.24, 2.45) is 5.73 Å². The highest BCUT2D eigenvalue weighted by atomic mass is 16.5. The van der Waals surface area contributed by atoms with Gasteiger partial charge in [-0.1, -0.05) is 6.92 Å². The normalized spacial score (nSPS) is 7.10. The Kier molecular flexibility index (Phi) is 9.29. The van der Waals surface area contributed by atoms with Crippen molar-refractivity contribution in [3.05, 3.63) is 0 Å². The van der Waals surface area contributed by atoms with Gasteiger partial charge in [0.2, 0.25) is 5.91 Å². The van der Waals surface area contributed by atoms with Crippen LogP contribution < -0.4 is 5.73 Å². The number of hydrogen-bond donors (Lipinski definition) is 2. The fourth-order valence-corrected chi connectivity index (χ4v) is 0. The molecule has 4 nitrogen and oxygen atoms in total. The summed E-state index contributed by atoms with van der Waals surface area (Å²) in [5, 5.41) is 6.52. The molecule has 60 valence electrons. The topological polar surface area (TPSA) is 76.2 Å². The third-order valence-electron chi connectivity index (χ3n) is 0.655. The smallest absolute Gasteiger partial charge is 0.217 e. The van der Waals surface area contributed by atoms with E-state index in [0.29, 0.717) is 6.42 Å². The van der Waals surface area contributed by atoms with Gasteiger partial charge in [-0.3, -0.25) is 10.2 Å². The van der Waals surface area contributed by atoms with E-state index in [4.69, 9.17) is 5.41 Å². The molecule has 4 heteroatoms. The molecular weight excluding hydrogens is 132 g/mol. The number of carbonyl (C=O) groups is 1. The third-order valence-corrected chi connectivity index (χ3v) is 0.655. The molecular formula is C6H14N2O2. The van der Waals surface area contributed by atoms with Crippen LogP contribution in [0.1, 0.15) is 20.3 Å². The summed E-state index contributed by atoms with van der Waals surface area (Å²) in [4.78, 5) is 9.59. The highest BCUT2D eigenvalue weighted by molar-refractivity contribution is 5.73. The van der Waals surface area contributed by atoms with Crippen LogP contribution in [0.25, 0.3) is 0 Å². The van der Waals surface area contributed by atoms with Gasteiger partial charge in [-0.05, 0) is 0 Å². The fourth-order valence-electron chi connectivity index (χ4n) is 0. The second-order valence-electron chi connectivity index (χ2n) is 1.58. The van der Waals surface area contributed by atoms with Crippen LogP contribution in [0.4, 0.5) is 0 Å². The molecule has 1 amide bonds. The quantitative estimate of drug-likeness (QED) is 0.417. The van der Waals surface area contributed by atoms with Crippen LogP contribution in [-0.4, -0.2) is 18.9 Å². The predicted octanol–water partition coefficient (Wildman–Crippen LogP) is 0.512. The van der Waals surface area contributed by atoms with E-state index in [9.17, 15) is 4.79 Å². The second-order valence-corrected chi connectivity index (χ2v) is 1.58. The van der Waals surface area contributed by atoms with Gasteiger partial charge in [0.05, 0.1) is 7.11 Å². The number of ether oxygens (including phenoxy) is 1. The molecule has 0 aliphatic carbocycles. The van der Waals surface area contributed by atoms with Crippen LogP contribution in [0.5, 0.6) is 0 Å². The molecule has 0 aromatic heterocycles. The Morgan fingerprint density at radius 2 is 1.90 bits per heavy atom. The van der Waals surface area contributed by atoms with Crippen molar-refractivity contribution in [2.45, 2.75) is 20.3 Å². The largest absolute Gasteiger partial charge is 0.485 e. The lowest BCUT2D eigenvalue weighted by molar-refractivity contribution is -0.117. The first kappa shape index (κ1) is 11.7. The van der Waals surface area contributed by atoms with Crippen molar-refractivity contribution in [3.63, 3.8) is 0 Å².